The number of aromatic nitrogens is 6. The SMILES string of the molecule is C=C(Cn1cc(CNc2cc(N3CCCCC3)nc3c(CC)cnn23)ccc1=O)S(=O)c1cc(N2CCc3c(nc(OCC4CCCN4C)nc3N3CCNC(CC#N)C3)C2)c2c(Cl)cccc2c1. The number of piperazine rings is 1. The first-order valence-corrected chi connectivity index (χ1v) is 25.9. The summed E-state index contributed by atoms with van der Waals surface area (Å²) in [5.41, 5.74) is 5.38. The number of benzene rings is 2. The third kappa shape index (κ3) is 9.90. The van der Waals surface area contributed by atoms with Gasteiger partial charge in [-0.15, -0.1) is 0 Å². The van der Waals surface area contributed by atoms with Crippen LogP contribution in [0.15, 0.2) is 82.1 Å². The lowest BCUT2D eigenvalue weighted by atomic mass is 10.0. The maximum atomic E-state index is 14.6. The maximum absolute atomic E-state index is 14.6. The average Bonchev–Trinajstić information content (AvgIpc) is 4.00. The summed E-state index contributed by atoms with van der Waals surface area (Å²) >= 11 is 7.01. The van der Waals surface area contributed by atoms with E-state index in [9.17, 15) is 14.3 Å². The van der Waals surface area contributed by atoms with Gasteiger partial charge in [0.05, 0.1) is 53.3 Å². The fraction of sp³-hybridized carbons (Fsp3) is 0.451. The highest BCUT2D eigenvalue weighted by Gasteiger charge is 2.31. The standard InChI is InChI=1S/C51H60ClN13O3S/c1-4-36-28-56-65-45(26-46(58-49(36)65)61-20-6-5-7-21-61)55-27-35-13-14-47(66)64(30-35)29-34(2)69(67)40-24-37-10-8-12-42(52)48(37)44(25-40)62-22-16-41-43(32-62)57-51(68-33-39-11-9-19-60(39)3)59-50(41)63-23-18-54-38(31-63)15-17-53/h8,10,12-14,24-26,28,30,38-39,54-55H,2,4-7,9,11,15-16,18-23,27,29,31-33H2,1,3H3. The molecular weight excluding hydrogens is 910 g/mol. The molecule has 0 aliphatic carbocycles. The molecule has 2 N–H and O–H groups in total. The van der Waals surface area contributed by atoms with Crippen molar-refractivity contribution < 1.29 is 8.95 Å². The lowest BCUT2D eigenvalue weighted by Gasteiger charge is -2.37. The molecule has 4 aliphatic rings. The van der Waals surface area contributed by atoms with Gasteiger partial charge < -0.3 is 39.5 Å². The van der Waals surface area contributed by atoms with E-state index in [-0.39, 0.29) is 18.1 Å². The van der Waals surface area contributed by atoms with Crippen molar-refractivity contribution in [1.82, 2.24) is 39.3 Å². The predicted molar refractivity (Wildman–Crippen MR) is 273 cm³/mol. The van der Waals surface area contributed by atoms with Crippen LogP contribution in [0.1, 0.15) is 67.8 Å². The highest BCUT2D eigenvalue weighted by molar-refractivity contribution is 7.89. The van der Waals surface area contributed by atoms with Gasteiger partial charge in [0.25, 0.3) is 5.56 Å². The third-order valence-corrected chi connectivity index (χ3v) is 15.8. The second-order valence-electron chi connectivity index (χ2n) is 18.7. The van der Waals surface area contributed by atoms with Crippen molar-refractivity contribution in [2.45, 2.75) is 94.9 Å². The molecule has 0 bridgehead atoms. The summed E-state index contributed by atoms with van der Waals surface area (Å²) in [4.78, 5) is 38.7. The van der Waals surface area contributed by atoms with Crippen LogP contribution < -0.4 is 35.6 Å². The summed E-state index contributed by atoms with van der Waals surface area (Å²) in [7, 11) is 0.441. The summed E-state index contributed by atoms with van der Waals surface area (Å²) < 4.78 is 24.4. The molecule has 0 radical (unpaired) electrons. The number of nitrogens with one attached hydrogen (secondary N) is 2. The molecule has 8 heterocycles. The minimum atomic E-state index is -1.69. The molecule has 3 atom stereocenters. The molecule has 3 unspecified atom stereocenters. The second kappa shape index (κ2) is 20.5. The van der Waals surface area contributed by atoms with Crippen LogP contribution in [0.3, 0.4) is 0 Å². The molecular formula is C51H60ClN13O3S. The van der Waals surface area contributed by atoms with Gasteiger partial charge in [0, 0.05) is 108 Å². The Balaban J connectivity index is 0.901. The number of allylic oxidation sites excluding steroid dienone is 1. The van der Waals surface area contributed by atoms with Crippen LogP contribution in [0.2, 0.25) is 5.02 Å². The summed E-state index contributed by atoms with van der Waals surface area (Å²) in [5, 5.41) is 23.5. The number of likely N-dealkylation sites (N-methyl/N-ethyl adjacent to an activating group) is 1. The molecule has 360 valence electrons. The van der Waals surface area contributed by atoms with Gasteiger partial charge in [-0.25, -0.2) is 9.19 Å². The quantitative estimate of drug-likeness (QED) is 0.112. The fourth-order valence-corrected chi connectivity index (χ4v) is 11.6. The summed E-state index contributed by atoms with van der Waals surface area (Å²) in [6.07, 6.45) is 11.3. The molecule has 4 aromatic heterocycles. The third-order valence-electron chi connectivity index (χ3n) is 14.1. The normalized spacial score (nSPS) is 19.2. The van der Waals surface area contributed by atoms with Crippen molar-refractivity contribution >= 4 is 62.0 Å². The lowest BCUT2D eigenvalue weighted by molar-refractivity contribution is 0.187. The largest absolute Gasteiger partial charge is 0.462 e. The van der Waals surface area contributed by atoms with E-state index >= 15 is 0 Å². The number of rotatable bonds is 15. The number of likely N-dealkylation sites (tertiary alicyclic amines) is 1. The van der Waals surface area contributed by atoms with Gasteiger partial charge in [-0.05, 0) is 87.7 Å². The Labute approximate surface area is 410 Å². The molecule has 0 spiro atoms. The second-order valence-corrected chi connectivity index (χ2v) is 20.7. The van der Waals surface area contributed by atoms with Gasteiger partial charge in [-0.3, -0.25) is 4.79 Å². The van der Waals surface area contributed by atoms with Crippen molar-refractivity contribution in [1.29, 1.82) is 5.26 Å². The van der Waals surface area contributed by atoms with E-state index in [1.807, 2.05) is 53.3 Å². The molecule has 10 rings (SSSR count). The molecule has 0 amide bonds. The Kier molecular flexibility index (Phi) is 13.9. The zero-order valence-electron chi connectivity index (χ0n) is 39.5. The lowest BCUT2D eigenvalue weighted by Crippen LogP contribution is -2.51. The first kappa shape index (κ1) is 46.7. The molecule has 4 aliphatic heterocycles. The molecule has 3 fully saturated rings. The molecule has 18 heteroatoms. The number of anilines is 4. The first-order chi connectivity index (χ1) is 33.6. The average molecular weight is 971 g/mol. The Bertz CT molecular complexity index is 3020. The minimum Gasteiger partial charge on any atom is -0.462 e. The van der Waals surface area contributed by atoms with E-state index in [0.29, 0.717) is 72.5 Å². The first-order valence-electron chi connectivity index (χ1n) is 24.3. The number of pyridine rings is 1. The summed E-state index contributed by atoms with van der Waals surface area (Å²) in [5.74, 6) is 2.63. The van der Waals surface area contributed by atoms with Gasteiger partial charge in [0.2, 0.25) is 0 Å². The van der Waals surface area contributed by atoms with Crippen LogP contribution >= 0.6 is 11.6 Å². The van der Waals surface area contributed by atoms with Gasteiger partial charge in [-0.1, -0.05) is 43.3 Å². The zero-order valence-corrected chi connectivity index (χ0v) is 41.1. The molecule has 0 saturated carbocycles. The van der Waals surface area contributed by atoms with Crippen molar-refractivity contribution in [2.75, 3.05) is 79.5 Å². The van der Waals surface area contributed by atoms with Crippen molar-refractivity contribution in [3.8, 4) is 12.1 Å². The fourth-order valence-electron chi connectivity index (χ4n) is 10.3. The molecule has 3 saturated heterocycles. The highest BCUT2D eigenvalue weighted by Crippen LogP contribution is 2.39. The van der Waals surface area contributed by atoms with E-state index in [4.69, 9.17) is 31.3 Å². The number of hydrogen-bond donors (Lipinski definition) is 2. The van der Waals surface area contributed by atoms with Crippen LogP contribution in [0.5, 0.6) is 6.01 Å². The van der Waals surface area contributed by atoms with Crippen LogP contribution in [0, 0.1) is 11.3 Å². The number of fused-ring (bicyclic) bond motifs is 3. The number of halogens is 1. The smallest absolute Gasteiger partial charge is 0.318 e. The van der Waals surface area contributed by atoms with Gasteiger partial charge >= 0.3 is 6.01 Å². The van der Waals surface area contributed by atoms with Crippen molar-refractivity contribution in [3.63, 3.8) is 0 Å². The summed E-state index contributed by atoms with van der Waals surface area (Å²) in [6.45, 7) is 13.7. The van der Waals surface area contributed by atoms with E-state index < -0.39 is 10.8 Å². The Morgan fingerprint density at radius 1 is 1.03 bits per heavy atom. The van der Waals surface area contributed by atoms with E-state index in [0.717, 1.165) is 127 Å². The van der Waals surface area contributed by atoms with Crippen LogP contribution in [0.25, 0.3) is 16.4 Å². The van der Waals surface area contributed by atoms with Crippen LogP contribution in [0.4, 0.5) is 23.1 Å². The number of nitriles is 1. The summed E-state index contributed by atoms with van der Waals surface area (Å²) in [6, 6.07) is 18.1. The number of piperidine rings is 1. The Morgan fingerprint density at radius 3 is 2.71 bits per heavy atom. The monoisotopic (exact) mass is 969 g/mol. The molecule has 69 heavy (non-hydrogen) atoms. The number of nitrogens with zero attached hydrogens (tertiary/aromatic N) is 11. The molecule has 16 nitrogen and oxygen atoms in total. The van der Waals surface area contributed by atoms with Gasteiger partial charge in [0.15, 0.2) is 5.65 Å². The van der Waals surface area contributed by atoms with Crippen LogP contribution in [-0.2, 0) is 43.3 Å². The maximum Gasteiger partial charge on any atom is 0.318 e. The predicted octanol–water partition coefficient (Wildman–Crippen LogP) is 6.70. The number of ether oxygens (including phenoxy) is 1. The minimum absolute atomic E-state index is 0.0384. The van der Waals surface area contributed by atoms with Crippen LogP contribution in [-0.4, -0.2) is 110 Å². The molecule has 6 aromatic rings. The number of aryl methyl sites for hydroxylation is 1. The van der Waals surface area contributed by atoms with E-state index in [1.165, 1.54) is 6.42 Å². The Morgan fingerprint density at radius 2 is 1.90 bits per heavy atom. The van der Waals surface area contributed by atoms with Crippen molar-refractivity contribution in [3.05, 3.63) is 110 Å². The highest BCUT2D eigenvalue weighted by atomic mass is 35.5. The van der Waals surface area contributed by atoms with Crippen molar-refractivity contribution in [2.24, 2.45) is 0 Å². The van der Waals surface area contributed by atoms with Gasteiger partial charge in [-0.2, -0.15) is 24.8 Å². The Hall–Kier alpha value is -6.06. The van der Waals surface area contributed by atoms with Gasteiger partial charge in [0.1, 0.15) is 24.1 Å². The number of hydrogen-bond acceptors (Lipinski definition) is 14. The topological polar surface area (TPSA) is 165 Å². The molecule has 2 aromatic carbocycles. The van der Waals surface area contributed by atoms with E-state index in [1.54, 1.807) is 10.6 Å². The van der Waals surface area contributed by atoms with E-state index in [2.05, 4.69) is 68.0 Å². The zero-order chi connectivity index (χ0) is 47.6.